The minimum absolute atomic E-state index is 0.0567. The first-order valence-electron chi connectivity index (χ1n) is 8.65. The number of morpholine rings is 1. The second-order valence-corrected chi connectivity index (χ2v) is 6.92. The van der Waals surface area contributed by atoms with Crippen LogP contribution in [-0.2, 0) is 9.53 Å². The number of carbonyl (C=O) groups excluding carboxylic acids is 1. The highest BCUT2D eigenvalue weighted by atomic mass is 16.5. The third-order valence-electron chi connectivity index (χ3n) is 4.77. The second kappa shape index (κ2) is 7.47. The zero-order valence-corrected chi connectivity index (χ0v) is 15.3. The zero-order chi connectivity index (χ0) is 18.8. The highest BCUT2D eigenvalue weighted by molar-refractivity contribution is 6.06. The van der Waals surface area contributed by atoms with E-state index >= 15 is 0 Å². The summed E-state index contributed by atoms with van der Waals surface area (Å²) >= 11 is 0. The normalized spacial score (nSPS) is 17.8. The van der Waals surface area contributed by atoms with Crippen molar-refractivity contribution >= 4 is 22.8 Å². The van der Waals surface area contributed by atoms with Crippen molar-refractivity contribution in [2.24, 2.45) is 0 Å². The van der Waals surface area contributed by atoms with Crippen LogP contribution in [0.4, 0.5) is 0 Å². The Morgan fingerprint density at radius 1 is 1.31 bits per heavy atom. The maximum Gasteiger partial charge on any atom is 0.317 e. The molecular formula is C19H24N2O5. The van der Waals surface area contributed by atoms with Crippen molar-refractivity contribution in [3.8, 4) is 0 Å². The molecule has 1 unspecified atom stereocenters. The molecule has 7 nitrogen and oxygen atoms in total. The number of hydrogen-bond acceptors (Lipinski definition) is 5. The predicted molar refractivity (Wildman–Crippen MR) is 96.5 cm³/mol. The van der Waals surface area contributed by atoms with Gasteiger partial charge in [0.15, 0.2) is 0 Å². The molecule has 0 aliphatic carbocycles. The van der Waals surface area contributed by atoms with Crippen LogP contribution < -0.4 is 0 Å². The van der Waals surface area contributed by atoms with Crippen LogP contribution in [0.15, 0.2) is 22.8 Å². The quantitative estimate of drug-likeness (QED) is 0.877. The van der Waals surface area contributed by atoms with Crippen LogP contribution in [-0.4, -0.2) is 72.7 Å². The molecule has 1 aliphatic rings. The maximum absolute atomic E-state index is 13.0. The van der Waals surface area contributed by atoms with Crippen molar-refractivity contribution in [1.29, 1.82) is 0 Å². The second-order valence-electron chi connectivity index (χ2n) is 6.92. The Labute approximate surface area is 152 Å². The number of carboxylic acid groups (broad SMARTS) is 1. The molecule has 0 bridgehead atoms. The van der Waals surface area contributed by atoms with E-state index in [4.69, 9.17) is 14.3 Å². The van der Waals surface area contributed by atoms with Crippen molar-refractivity contribution in [3.05, 3.63) is 35.1 Å². The van der Waals surface area contributed by atoms with E-state index in [1.54, 1.807) is 16.8 Å². The lowest BCUT2D eigenvalue weighted by atomic mass is 10.0. The summed E-state index contributed by atoms with van der Waals surface area (Å²) in [6, 6.07) is 3.93. The first-order valence-corrected chi connectivity index (χ1v) is 8.65. The molecule has 1 aromatic carbocycles. The average molecular weight is 360 g/mol. The number of rotatable bonds is 5. The Hall–Kier alpha value is -2.38. The van der Waals surface area contributed by atoms with Gasteiger partial charge in [0, 0.05) is 25.0 Å². The van der Waals surface area contributed by atoms with Gasteiger partial charge in [0.25, 0.3) is 5.91 Å². The highest BCUT2D eigenvalue weighted by Crippen LogP contribution is 2.26. The molecule has 2 heterocycles. The van der Waals surface area contributed by atoms with Gasteiger partial charge >= 0.3 is 5.97 Å². The Morgan fingerprint density at radius 2 is 2.04 bits per heavy atom. The first-order chi connectivity index (χ1) is 12.3. The molecule has 1 N–H and O–H groups in total. The number of nitrogens with zero attached hydrogens (tertiary/aromatic N) is 2. The molecule has 1 aliphatic heterocycles. The SMILES string of the molecule is Cc1cc2occ(C(=O)N3CCOC(CN(C)CC(=O)O)C3)c2cc1C. The first kappa shape index (κ1) is 18.4. The molecule has 0 radical (unpaired) electrons. The van der Waals surface area contributed by atoms with Gasteiger partial charge in [0.2, 0.25) is 0 Å². The van der Waals surface area contributed by atoms with Gasteiger partial charge in [0.05, 0.1) is 24.8 Å². The number of aliphatic carboxylic acids is 1. The van der Waals surface area contributed by atoms with Crippen LogP contribution in [0, 0.1) is 13.8 Å². The van der Waals surface area contributed by atoms with Crippen LogP contribution in [0.3, 0.4) is 0 Å². The van der Waals surface area contributed by atoms with E-state index in [-0.39, 0.29) is 18.6 Å². The van der Waals surface area contributed by atoms with Crippen LogP contribution in [0.25, 0.3) is 11.0 Å². The van der Waals surface area contributed by atoms with Gasteiger partial charge < -0.3 is 19.2 Å². The molecule has 1 saturated heterocycles. The number of benzene rings is 1. The number of carboxylic acids is 1. The number of likely N-dealkylation sites (N-methyl/N-ethyl adjacent to an activating group) is 1. The molecule has 0 saturated carbocycles. The molecule has 3 rings (SSSR count). The smallest absolute Gasteiger partial charge is 0.317 e. The fourth-order valence-electron chi connectivity index (χ4n) is 3.28. The van der Waals surface area contributed by atoms with E-state index in [1.807, 2.05) is 26.0 Å². The maximum atomic E-state index is 13.0. The number of carbonyl (C=O) groups is 2. The molecule has 1 amide bonds. The van der Waals surface area contributed by atoms with E-state index < -0.39 is 5.97 Å². The van der Waals surface area contributed by atoms with Gasteiger partial charge in [-0.05, 0) is 44.2 Å². The number of fused-ring (bicyclic) bond motifs is 1. The van der Waals surface area contributed by atoms with Gasteiger partial charge in [-0.15, -0.1) is 0 Å². The number of ether oxygens (including phenoxy) is 1. The van der Waals surface area contributed by atoms with Crippen molar-refractivity contribution < 1.29 is 23.8 Å². The van der Waals surface area contributed by atoms with Crippen LogP contribution in [0.2, 0.25) is 0 Å². The molecule has 140 valence electrons. The lowest BCUT2D eigenvalue weighted by Gasteiger charge is -2.34. The van der Waals surface area contributed by atoms with Gasteiger partial charge in [-0.25, -0.2) is 0 Å². The molecule has 7 heteroatoms. The zero-order valence-electron chi connectivity index (χ0n) is 15.3. The monoisotopic (exact) mass is 360 g/mol. The van der Waals surface area contributed by atoms with Gasteiger partial charge in [-0.1, -0.05) is 0 Å². The van der Waals surface area contributed by atoms with E-state index in [1.165, 1.54) is 6.26 Å². The topological polar surface area (TPSA) is 83.2 Å². The minimum Gasteiger partial charge on any atom is -0.480 e. The lowest BCUT2D eigenvalue weighted by molar-refractivity contribution is -0.138. The van der Waals surface area contributed by atoms with Crippen LogP contribution in [0.1, 0.15) is 21.5 Å². The van der Waals surface area contributed by atoms with Crippen molar-refractivity contribution in [2.75, 3.05) is 39.8 Å². The molecule has 2 aromatic rings. The van der Waals surface area contributed by atoms with E-state index in [0.717, 1.165) is 16.5 Å². The van der Waals surface area contributed by atoms with Gasteiger partial charge in [-0.2, -0.15) is 0 Å². The fraction of sp³-hybridized carbons (Fsp3) is 0.474. The van der Waals surface area contributed by atoms with Gasteiger partial charge in [0.1, 0.15) is 11.8 Å². The average Bonchev–Trinajstić information content (AvgIpc) is 2.96. The Balaban J connectivity index is 1.73. The van der Waals surface area contributed by atoms with Gasteiger partial charge in [-0.3, -0.25) is 14.5 Å². The van der Waals surface area contributed by atoms with E-state index in [0.29, 0.717) is 37.4 Å². The number of hydrogen-bond donors (Lipinski definition) is 1. The largest absolute Gasteiger partial charge is 0.480 e. The van der Waals surface area contributed by atoms with Crippen LogP contribution in [0.5, 0.6) is 0 Å². The summed E-state index contributed by atoms with van der Waals surface area (Å²) in [6.07, 6.45) is 1.31. The van der Waals surface area contributed by atoms with Crippen molar-refractivity contribution in [1.82, 2.24) is 9.80 Å². The highest BCUT2D eigenvalue weighted by Gasteiger charge is 2.28. The lowest BCUT2D eigenvalue weighted by Crippen LogP contribution is -2.49. The van der Waals surface area contributed by atoms with E-state index in [2.05, 4.69) is 0 Å². The summed E-state index contributed by atoms with van der Waals surface area (Å²) in [5.74, 6) is -0.965. The van der Waals surface area contributed by atoms with Crippen molar-refractivity contribution in [2.45, 2.75) is 20.0 Å². The Bertz CT molecular complexity index is 829. The molecular weight excluding hydrogens is 336 g/mol. The summed E-state index contributed by atoms with van der Waals surface area (Å²) < 4.78 is 11.3. The standard InChI is InChI=1S/C19H24N2O5/c1-12-6-15-16(11-26-17(15)7-13(12)2)19(24)21-4-5-25-14(9-21)8-20(3)10-18(22)23/h6-7,11,14H,4-5,8-10H2,1-3H3,(H,22,23). The molecule has 26 heavy (non-hydrogen) atoms. The Morgan fingerprint density at radius 3 is 2.77 bits per heavy atom. The number of amides is 1. The minimum atomic E-state index is -0.883. The molecule has 1 fully saturated rings. The summed E-state index contributed by atoms with van der Waals surface area (Å²) in [5.41, 5.74) is 3.51. The molecule has 1 aromatic heterocycles. The number of aryl methyl sites for hydroxylation is 2. The summed E-state index contributed by atoms with van der Waals surface area (Å²) in [5, 5.41) is 9.69. The van der Waals surface area contributed by atoms with Crippen molar-refractivity contribution in [3.63, 3.8) is 0 Å². The third kappa shape index (κ3) is 3.89. The third-order valence-corrected chi connectivity index (χ3v) is 4.77. The summed E-state index contributed by atoms with van der Waals surface area (Å²) in [7, 11) is 1.73. The molecule has 0 spiro atoms. The predicted octanol–water partition coefficient (Wildman–Crippen LogP) is 1.91. The summed E-state index contributed by atoms with van der Waals surface area (Å²) in [6.45, 7) is 5.80. The van der Waals surface area contributed by atoms with Crippen LogP contribution >= 0.6 is 0 Å². The fourth-order valence-corrected chi connectivity index (χ4v) is 3.28. The summed E-state index contributed by atoms with van der Waals surface area (Å²) in [4.78, 5) is 27.2. The van der Waals surface area contributed by atoms with E-state index in [9.17, 15) is 9.59 Å². The Kier molecular flexibility index (Phi) is 5.29. The molecule has 1 atom stereocenters. The number of furan rings is 1.